The van der Waals surface area contributed by atoms with Crippen molar-refractivity contribution in [1.82, 2.24) is 5.32 Å². The molecule has 0 aromatic rings. The highest BCUT2D eigenvalue weighted by molar-refractivity contribution is 7.48. The Morgan fingerprint density at radius 3 is 2.25 bits per heavy atom. The van der Waals surface area contributed by atoms with Gasteiger partial charge in [-0.25, -0.2) is 9.36 Å². The average molecular weight is 427 g/mol. The Morgan fingerprint density at radius 2 is 1.75 bits per heavy atom. The zero-order chi connectivity index (χ0) is 21.8. The van der Waals surface area contributed by atoms with E-state index in [0.717, 1.165) is 7.11 Å². The number of amides is 1. The number of carbonyl (C=O) groups excluding carboxylic acids is 3. The number of nitrogens with one attached hydrogen (secondary N) is 1. The van der Waals surface area contributed by atoms with Gasteiger partial charge in [-0.1, -0.05) is 6.92 Å². The predicted octanol–water partition coefficient (Wildman–Crippen LogP) is 2.18. The zero-order valence-electron chi connectivity index (χ0n) is 17.1. The molecule has 164 valence electrons. The van der Waals surface area contributed by atoms with Crippen molar-refractivity contribution in [3.63, 3.8) is 0 Å². The fourth-order valence-corrected chi connectivity index (χ4v) is 2.53. The van der Waals surface area contributed by atoms with Crippen molar-refractivity contribution in [2.75, 3.05) is 33.5 Å². The Kier molecular flexibility index (Phi) is 12.0. The van der Waals surface area contributed by atoms with E-state index >= 15 is 0 Å². The summed E-state index contributed by atoms with van der Waals surface area (Å²) >= 11 is 0. The van der Waals surface area contributed by atoms with Gasteiger partial charge in [0.25, 0.3) is 0 Å². The Labute approximate surface area is 164 Å². The molecule has 11 nitrogen and oxygen atoms in total. The third kappa shape index (κ3) is 13.5. The topological polar surface area (TPSA) is 136 Å². The van der Waals surface area contributed by atoms with E-state index < -0.39 is 37.6 Å². The van der Waals surface area contributed by atoms with E-state index in [1.807, 2.05) is 0 Å². The summed E-state index contributed by atoms with van der Waals surface area (Å²) < 4.78 is 42.1. The fourth-order valence-electron chi connectivity index (χ4n) is 1.58. The summed E-state index contributed by atoms with van der Waals surface area (Å²) in [5.74, 6) is -1.12. The van der Waals surface area contributed by atoms with Crippen molar-refractivity contribution in [2.45, 2.75) is 52.7 Å². The SMILES string of the molecule is CCC(=O)OCC(COP(=O)(OC)OCCNC(=O)OC(C)(C)C)OC(C)=O. The highest BCUT2D eigenvalue weighted by Gasteiger charge is 2.28. The maximum Gasteiger partial charge on any atom is 0.474 e. The van der Waals surface area contributed by atoms with Crippen molar-refractivity contribution in [1.29, 1.82) is 0 Å². The monoisotopic (exact) mass is 427 g/mol. The molecule has 0 heterocycles. The summed E-state index contributed by atoms with van der Waals surface area (Å²) in [4.78, 5) is 33.9. The van der Waals surface area contributed by atoms with Gasteiger partial charge in [0.1, 0.15) is 12.2 Å². The molecule has 0 bridgehead atoms. The maximum absolute atomic E-state index is 12.4. The molecule has 1 N–H and O–H groups in total. The van der Waals surface area contributed by atoms with Gasteiger partial charge in [-0.2, -0.15) is 0 Å². The summed E-state index contributed by atoms with van der Waals surface area (Å²) in [5.41, 5.74) is -0.650. The summed E-state index contributed by atoms with van der Waals surface area (Å²) in [5, 5.41) is 2.42. The van der Waals surface area contributed by atoms with E-state index in [9.17, 15) is 18.9 Å². The van der Waals surface area contributed by atoms with Crippen LogP contribution in [-0.4, -0.2) is 63.2 Å². The van der Waals surface area contributed by atoms with Gasteiger partial charge >= 0.3 is 25.9 Å². The minimum absolute atomic E-state index is 0.00683. The molecule has 0 radical (unpaired) electrons. The molecular formula is C16H30NO10P. The lowest BCUT2D eigenvalue weighted by atomic mass is 10.2. The second-order valence-corrected chi connectivity index (χ2v) is 8.23. The first kappa shape index (κ1) is 26.3. The number of ether oxygens (including phenoxy) is 3. The Morgan fingerprint density at radius 1 is 1.11 bits per heavy atom. The first-order valence-electron chi connectivity index (χ1n) is 8.65. The van der Waals surface area contributed by atoms with E-state index in [2.05, 4.69) is 5.32 Å². The molecule has 0 aliphatic carbocycles. The average Bonchev–Trinajstić information content (AvgIpc) is 2.59. The van der Waals surface area contributed by atoms with E-state index in [0.29, 0.717) is 0 Å². The number of hydrogen-bond donors (Lipinski definition) is 1. The summed E-state index contributed by atoms with van der Waals surface area (Å²) in [6.45, 7) is 7.08. The lowest BCUT2D eigenvalue weighted by molar-refractivity contribution is -0.159. The summed E-state index contributed by atoms with van der Waals surface area (Å²) in [6, 6.07) is 0. The second kappa shape index (κ2) is 12.7. The van der Waals surface area contributed by atoms with Gasteiger partial charge in [-0.15, -0.1) is 0 Å². The van der Waals surface area contributed by atoms with Crippen LogP contribution >= 0.6 is 7.82 Å². The minimum atomic E-state index is -3.98. The fraction of sp³-hybridized carbons (Fsp3) is 0.812. The number of phosphoric ester groups is 1. The molecule has 28 heavy (non-hydrogen) atoms. The number of rotatable bonds is 12. The van der Waals surface area contributed by atoms with E-state index in [1.54, 1.807) is 27.7 Å². The van der Waals surface area contributed by atoms with Gasteiger partial charge in [0.15, 0.2) is 6.10 Å². The second-order valence-electron chi connectivity index (χ2n) is 6.46. The van der Waals surface area contributed by atoms with Gasteiger partial charge < -0.3 is 19.5 Å². The quantitative estimate of drug-likeness (QED) is 0.214. The molecule has 0 aromatic heterocycles. The molecule has 2 unspecified atom stereocenters. The van der Waals surface area contributed by atoms with Crippen molar-refractivity contribution in [3.05, 3.63) is 0 Å². The van der Waals surface area contributed by atoms with Crippen molar-refractivity contribution in [2.24, 2.45) is 0 Å². The Hall–Kier alpha value is -1.68. The molecule has 0 spiro atoms. The normalized spacial score (nSPS) is 14.5. The van der Waals surface area contributed by atoms with Crippen molar-refractivity contribution in [3.8, 4) is 0 Å². The molecule has 0 fully saturated rings. The molecule has 12 heteroatoms. The molecule has 0 rings (SSSR count). The smallest absolute Gasteiger partial charge is 0.462 e. The molecule has 0 saturated carbocycles. The molecule has 0 aliphatic rings. The van der Waals surface area contributed by atoms with Crippen LogP contribution in [-0.2, 0) is 41.9 Å². The molecule has 2 atom stereocenters. The van der Waals surface area contributed by atoms with Crippen LogP contribution in [0, 0.1) is 0 Å². The van der Waals surface area contributed by atoms with Crippen LogP contribution in [0.4, 0.5) is 4.79 Å². The van der Waals surface area contributed by atoms with Crippen LogP contribution < -0.4 is 5.32 Å². The first-order valence-corrected chi connectivity index (χ1v) is 10.1. The largest absolute Gasteiger partial charge is 0.474 e. The maximum atomic E-state index is 12.4. The van der Waals surface area contributed by atoms with Crippen molar-refractivity contribution >= 4 is 25.9 Å². The third-order valence-electron chi connectivity index (χ3n) is 2.71. The Balaban J connectivity index is 4.47. The third-order valence-corrected chi connectivity index (χ3v) is 4.12. The van der Waals surface area contributed by atoms with Gasteiger partial charge in [0, 0.05) is 27.0 Å². The zero-order valence-corrected chi connectivity index (χ0v) is 18.0. The predicted molar refractivity (Wildman–Crippen MR) is 97.6 cm³/mol. The van der Waals surface area contributed by atoms with Crippen LogP contribution in [0.2, 0.25) is 0 Å². The van der Waals surface area contributed by atoms with E-state index in [1.165, 1.54) is 6.92 Å². The molecule has 0 aromatic carbocycles. The number of carbonyl (C=O) groups is 3. The molecule has 1 amide bonds. The van der Waals surface area contributed by atoms with Gasteiger partial charge in [-0.05, 0) is 20.8 Å². The lowest BCUT2D eigenvalue weighted by Gasteiger charge is -2.21. The lowest BCUT2D eigenvalue weighted by Crippen LogP contribution is -2.34. The van der Waals surface area contributed by atoms with Gasteiger partial charge in [0.05, 0.1) is 13.2 Å². The highest BCUT2D eigenvalue weighted by atomic mass is 31.2. The van der Waals surface area contributed by atoms with Crippen molar-refractivity contribution < 1.29 is 46.7 Å². The van der Waals surface area contributed by atoms with E-state index in [-0.39, 0.29) is 32.8 Å². The number of esters is 2. The molecule has 0 aliphatic heterocycles. The highest BCUT2D eigenvalue weighted by Crippen LogP contribution is 2.48. The molecule has 0 saturated heterocycles. The van der Waals surface area contributed by atoms with Crippen LogP contribution in [0.15, 0.2) is 0 Å². The minimum Gasteiger partial charge on any atom is -0.462 e. The van der Waals surface area contributed by atoms with Crippen LogP contribution in [0.25, 0.3) is 0 Å². The van der Waals surface area contributed by atoms with Crippen LogP contribution in [0.3, 0.4) is 0 Å². The van der Waals surface area contributed by atoms with Crippen LogP contribution in [0.5, 0.6) is 0 Å². The van der Waals surface area contributed by atoms with E-state index in [4.69, 9.17) is 27.8 Å². The summed E-state index contributed by atoms with van der Waals surface area (Å²) in [7, 11) is -2.87. The van der Waals surface area contributed by atoms with Gasteiger partial charge in [0.2, 0.25) is 0 Å². The first-order chi connectivity index (χ1) is 12.9. The number of phosphoric acid groups is 1. The summed E-state index contributed by atoms with van der Waals surface area (Å²) in [6.07, 6.45) is -1.49. The Bertz CT molecular complexity index is 560. The number of alkyl carbamates (subject to hydrolysis) is 1. The number of hydrogen-bond acceptors (Lipinski definition) is 10. The molecular weight excluding hydrogens is 397 g/mol. The standard InChI is InChI=1S/C16H30NO10P/c1-7-14(19)23-10-13(26-12(2)18)11-25-28(21,22-6)24-9-8-17-15(20)27-16(3,4)5/h13H,7-11H2,1-6H3,(H,17,20). The van der Waals surface area contributed by atoms with Gasteiger partial charge in [-0.3, -0.25) is 23.2 Å². The van der Waals surface area contributed by atoms with Crippen LogP contribution in [0.1, 0.15) is 41.0 Å².